The van der Waals surface area contributed by atoms with E-state index in [1.165, 1.54) is 0 Å². The number of nitrogens with zero attached hydrogens (tertiary/aromatic N) is 3. The summed E-state index contributed by atoms with van der Waals surface area (Å²) in [5, 5.41) is 0. The molecule has 1 saturated heterocycles. The lowest BCUT2D eigenvalue weighted by Gasteiger charge is -2.29. The van der Waals surface area contributed by atoms with Gasteiger partial charge in [-0.15, -0.1) is 0 Å². The highest BCUT2D eigenvalue weighted by molar-refractivity contribution is 5.72. The molecule has 3 aliphatic heterocycles. The van der Waals surface area contributed by atoms with Gasteiger partial charge in [0.05, 0.1) is 18.9 Å². The monoisotopic (exact) mass is 232 g/mol. The molecular formula is C12H16N4O. The third kappa shape index (κ3) is 1.86. The van der Waals surface area contributed by atoms with Crippen LogP contribution in [0.15, 0.2) is 6.07 Å². The molecular weight excluding hydrogens is 216 g/mol. The maximum atomic E-state index is 5.37. The average molecular weight is 232 g/mol. The van der Waals surface area contributed by atoms with Gasteiger partial charge in [0.25, 0.3) is 0 Å². The van der Waals surface area contributed by atoms with Crippen LogP contribution in [-0.2, 0) is 4.74 Å². The van der Waals surface area contributed by atoms with Crippen molar-refractivity contribution in [3.8, 4) is 11.4 Å². The Morgan fingerprint density at radius 1 is 1.24 bits per heavy atom. The van der Waals surface area contributed by atoms with E-state index in [-0.39, 0.29) is 0 Å². The number of ether oxygens (including phenoxy) is 1. The molecule has 0 radical (unpaired) electrons. The number of H-pyrrole nitrogens is 1. The van der Waals surface area contributed by atoms with Crippen molar-refractivity contribution in [3.63, 3.8) is 0 Å². The molecule has 1 N–H and O–H groups in total. The van der Waals surface area contributed by atoms with Crippen LogP contribution in [0.5, 0.6) is 0 Å². The Kier molecular flexibility index (Phi) is 2.48. The summed E-state index contributed by atoms with van der Waals surface area (Å²) in [5.74, 6) is 1.90. The highest BCUT2D eigenvalue weighted by atomic mass is 16.5. The van der Waals surface area contributed by atoms with Crippen LogP contribution in [0.3, 0.4) is 0 Å². The van der Waals surface area contributed by atoms with Crippen molar-refractivity contribution in [2.45, 2.75) is 13.8 Å². The molecule has 0 saturated carbocycles. The Labute approximate surface area is 100 Å². The van der Waals surface area contributed by atoms with Gasteiger partial charge in [-0.3, -0.25) is 0 Å². The third-order valence-corrected chi connectivity index (χ3v) is 3.01. The average Bonchev–Trinajstić information content (AvgIpc) is 2.69. The summed E-state index contributed by atoms with van der Waals surface area (Å²) < 4.78 is 5.37. The zero-order chi connectivity index (χ0) is 11.8. The Morgan fingerprint density at radius 3 is 2.76 bits per heavy atom. The zero-order valence-electron chi connectivity index (χ0n) is 10.2. The van der Waals surface area contributed by atoms with Crippen molar-refractivity contribution in [1.29, 1.82) is 0 Å². The predicted octanol–water partition coefficient (Wildman–Crippen LogP) is 1.36. The van der Waals surface area contributed by atoms with Gasteiger partial charge >= 0.3 is 0 Å². The van der Waals surface area contributed by atoms with Crippen LogP contribution in [-0.4, -0.2) is 41.3 Å². The van der Waals surface area contributed by atoms with E-state index in [2.05, 4.69) is 25.9 Å². The van der Waals surface area contributed by atoms with Gasteiger partial charge in [0.15, 0.2) is 5.82 Å². The number of hydrogen-bond donors (Lipinski definition) is 1. The second kappa shape index (κ2) is 4.00. The molecule has 0 atom stereocenters. The number of rotatable bonds is 1. The molecule has 0 aliphatic carbocycles. The van der Waals surface area contributed by atoms with Crippen LogP contribution < -0.4 is 4.90 Å². The summed E-state index contributed by atoms with van der Waals surface area (Å²) in [6.07, 6.45) is 0. The molecule has 17 heavy (non-hydrogen) atoms. The first-order valence-corrected chi connectivity index (χ1v) is 5.91. The summed E-state index contributed by atoms with van der Waals surface area (Å²) in [5.41, 5.74) is 3.06. The number of morpholine rings is 1. The Morgan fingerprint density at radius 2 is 2.00 bits per heavy atom. The minimum atomic E-state index is 0.764. The maximum Gasteiger partial charge on any atom is 0.158 e. The van der Waals surface area contributed by atoms with Crippen molar-refractivity contribution >= 4 is 5.82 Å². The second-order valence-corrected chi connectivity index (χ2v) is 4.41. The molecule has 0 spiro atoms. The molecule has 3 rings (SSSR count). The van der Waals surface area contributed by atoms with Crippen LogP contribution in [0, 0.1) is 13.8 Å². The molecule has 0 amide bonds. The van der Waals surface area contributed by atoms with Crippen molar-refractivity contribution in [2.24, 2.45) is 0 Å². The van der Waals surface area contributed by atoms with Gasteiger partial charge in [0.2, 0.25) is 0 Å². The summed E-state index contributed by atoms with van der Waals surface area (Å²) in [6, 6.07) is 2.06. The second-order valence-electron chi connectivity index (χ2n) is 4.41. The van der Waals surface area contributed by atoms with Crippen LogP contribution >= 0.6 is 0 Å². The molecule has 0 bridgehead atoms. The molecule has 1 fully saturated rings. The first-order chi connectivity index (χ1) is 8.24. The predicted molar refractivity (Wildman–Crippen MR) is 65.5 cm³/mol. The first kappa shape index (κ1) is 10.5. The fourth-order valence-electron chi connectivity index (χ4n) is 2.24. The van der Waals surface area contributed by atoms with E-state index in [0.29, 0.717) is 0 Å². The lowest BCUT2D eigenvalue weighted by molar-refractivity contribution is 0.122. The first-order valence-electron chi connectivity index (χ1n) is 5.91. The van der Waals surface area contributed by atoms with Crippen molar-refractivity contribution in [1.82, 2.24) is 15.0 Å². The van der Waals surface area contributed by atoms with Crippen LogP contribution in [0.1, 0.15) is 11.5 Å². The topological polar surface area (TPSA) is 54.0 Å². The minimum absolute atomic E-state index is 0.764. The highest BCUT2D eigenvalue weighted by Gasteiger charge is 2.21. The van der Waals surface area contributed by atoms with Gasteiger partial charge in [-0.1, -0.05) is 0 Å². The molecule has 3 aliphatic rings. The van der Waals surface area contributed by atoms with Crippen molar-refractivity contribution in [3.05, 3.63) is 17.6 Å². The smallest absolute Gasteiger partial charge is 0.158 e. The Bertz CT molecular complexity index is 502. The van der Waals surface area contributed by atoms with E-state index >= 15 is 0 Å². The van der Waals surface area contributed by atoms with Crippen molar-refractivity contribution < 1.29 is 4.74 Å². The quantitative estimate of drug-likeness (QED) is 0.806. The minimum Gasteiger partial charge on any atom is -0.378 e. The zero-order valence-corrected chi connectivity index (χ0v) is 10.2. The van der Waals surface area contributed by atoms with Crippen LogP contribution in [0.25, 0.3) is 11.4 Å². The summed E-state index contributed by atoms with van der Waals surface area (Å²) in [7, 11) is 0. The molecule has 3 heterocycles. The lowest BCUT2D eigenvalue weighted by Crippen LogP contribution is -2.37. The van der Waals surface area contributed by atoms with E-state index in [9.17, 15) is 0 Å². The number of aryl methyl sites for hydroxylation is 2. The van der Waals surface area contributed by atoms with Crippen molar-refractivity contribution in [2.75, 3.05) is 31.2 Å². The fourth-order valence-corrected chi connectivity index (χ4v) is 2.24. The van der Waals surface area contributed by atoms with E-state index in [4.69, 9.17) is 4.74 Å². The fraction of sp³-hybridized carbons (Fsp3) is 0.500. The Balaban J connectivity index is 2.08. The normalized spacial score (nSPS) is 16.7. The van der Waals surface area contributed by atoms with E-state index in [1.807, 2.05) is 13.8 Å². The third-order valence-electron chi connectivity index (χ3n) is 3.01. The number of aromatic nitrogens is 3. The Hall–Kier alpha value is -1.62. The molecule has 5 heteroatoms. The number of anilines is 1. The number of fused-ring (bicyclic) bond motifs is 1. The van der Waals surface area contributed by atoms with Crippen LogP contribution in [0.4, 0.5) is 5.82 Å². The van der Waals surface area contributed by atoms with Gasteiger partial charge in [0, 0.05) is 18.8 Å². The maximum absolute atomic E-state index is 5.37. The standard InChI is InChI=1S/C12H16N4O/c1-8-7-10-11(13-8)12(15-9(2)14-10)16-3-5-17-6-4-16/h7H,3-6H2,1-2H3,(H,14,15). The number of nitrogens with one attached hydrogen (secondary N) is 1. The number of hydrogen-bond acceptors (Lipinski definition) is 4. The van der Waals surface area contributed by atoms with Gasteiger partial charge < -0.3 is 14.6 Å². The number of aromatic amines is 1. The van der Waals surface area contributed by atoms with Gasteiger partial charge in [-0.05, 0) is 19.9 Å². The van der Waals surface area contributed by atoms with E-state index in [1.54, 1.807) is 0 Å². The SMILES string of the molecule is Cc1cc2[nH]c(C)nc(N3CCOCC3)c-2n1. The molecule has 0 unspecified atom stereocenters. The van der Waals surface area contributed by atoms with Gasteiger partial charge in [0.1, 0.15) is 11.5 Å². The molecule has 5 nitrogen and oxygen atoms in total. The van der Waals surface area contributed by atoms with E-state index < -0.39 is 0 Å². The summed E-state index contributed by atoms with van der Waals surface area (Å²) >= 11 is 0. The van der Waals surface area contributed by atoms with E-state index in [0.717, 1.165) is 55.0 Å². The molecule has 0 aromatic heterocycles. The molecule has 90 valence electrons. The highest BCUT2D eigenvalue weighted by Crippen LogP contribution is 2.29. The van der Waals surface area contributed by atoms with Gasteiger partial charge in [-0.2, -0.15) is 0 Å². The molecule has 0 aromatic carbocycles. The summed E-state index contributed by atoms with van der Waals surface area (Å²) in [6.45, 7) is 7.29. The van der Waals surface area contributed by atoms with Gasteiger partial charge in [-0.25, -0.2) is 9.97 Å². The summed E-state index contributed by atoms with van der Waals surface area (Å²) in [4.78, 5) is 14.7. The molecule has 0 aromatic rings. The largest absolute Gasteiger partial charge is 0.378 e. The van der Waals surface area contributed by atoms with Crippen LogP contribution in [0.2, 0.25) is 0 Å². The lowest BCUT2D eigenvalue weighted by atomic mass is 10.2.